The highest BCUT2D eigenvalue weighted by atomic mass is 16.1. The molecule has 0 radical (unpaired) electrons. The minimum atomic E-state index is -0.296. The Morgan fingerprint density at radius 3 is 2.30 bits per heavy atom. The van der Waals surface area contributed by atoms with Crippen molar-refractivity contribution >= 4 is 5.91 Å². The Morgan fingerprint density at radius 1 is 1.25 bits per heavy atom. The first-order chi connectivity index (χ1) is 9.35. The highest BCUT2D eigenvalue weighted by Crippen LogP contribution is 2.38. The standard InChI is InChI=1S/C16H33N3O/c1-13(2)9-15(3,11-17)19-14(20)10-16(12-18)7-5-4-6-8-16/h13H,4-12,17-18H2,1-3H3,(H,19,20). The molecule has 0 aromatic rings. The lowest BCUT2D eigenvalue weighted by molar-refractivity contribution is -0.125. The summed E-state index contributed by atoms with van der Waals surface area (Å²) in [6.07, 6.45) is 7.30. The molecule has 1 amide bonds. The SMILES string of the molecule is CC(C)CC(C)(CN)NC(=O)CC1(CN)CCCCC1. The zero-order chi connectivity index (χ0) is 15.2. The molecule has 4 heteroatoms. The van der Waals surface area contributed by atoms with E-state index in [9.17, 15) is 4.79 Å². The summed E-state index contributed by atoms with van der Waals surface area (Å²) in [7, 11) is 0. The van der Waals surface area contributed by atoms with E-state index in [-0.39, 0.29) is 16.9 Å². The number of hydrogen-bond acceptors (Lipinski definition) is 3. The molecule has 0 bridgehead atoms. The van der Waals surface area contributed by atoms with Crippen LogP contribution in [0.2, 0.25) is 0 Å². The van der Waals surface area contributed by atoms with Gasteiger partial charge in [0.25, 0.3) is 0 Å². The molecule has 1 unspecified atom stereocenters. The number of nitrogens with one attached hydrogen (secondary N) is 1. The predicted octanol–water partition coefficient (Wildman–Crippen LogP) is 2.17. The smallest absolute Gasteiger partial charge is 0.221 e. The number of amides is 1. The summed E-state index contributed by atoms with van der Waals surface area (Å²) in [6.45, 7) is 7.45. The van der Waals surface area contributed by atoms with Crippen LogP contribution in [0, 0.1) is 11.3 Å². The Labute approximate surface area is 124 Å². The van der Waals surface area contributed by atoms with Gasteiger partial charge in [0.2, 0.25) is 5.91 Å². The maximum atomic E-state index is 12.4. The van der Waals surface area contributed by atoms with Crippen molar-refractivity contribution in [3.8, 4) is 0 Å². The van der Waals surface area contributed by atoms with E-state index >= 15 is 0 Å². The molecule has 0 spiro atoms. The van der Waals surface area contributed by atoms with Crippen LogP contribution in [0.4, 0.5) is 0 Å². The Balaban J connectivity index is 2.60. The summed E-state index contributed by atoms with van der Waals surface area (Å²) >= 11 is 0. The Bertz CT molecular complexity index is 311. The van der Waals surface area contributed by atoms with E-state index in [0.29, 0.717) is 25.4 Å². The van der Waals surface area contributed by atoms with Crippen molar-refractivity contribution in [3.63, 3.8) is 0 Å². The van der Waals surface area contributed by atoms with Crippen LogP contribution in [-0.4, -0.2) is 24.5 Å². The second-order valence-electron chi connectivity index (χ2n) is 7.35. The average molecular weight is 283 g/mol. The maximum Gasteiger partial charge on any atom is 0.221 e. The lowest BCUT2D eigenvalue weighted by Crippen LogP contribution is -2.53. The van der Waals surface area contributed by atoms with Crippen LogP contribution in [0.3, 0.4) is 0 Å². The minimum absolute atomic E-state index is 0.0235. The summed E-state index contributed by atoms with van der Waals surface area (Å²) in [5.41, 5.74) is 11.5. The van der Waals surface area contributed by atoms with Gasteiger partial charge in [0, 0.05) is 18.5 Å². The molecule has 1 fully saturated rings. The Hall–Kier alpha value is -0.610. The van der Waals surface area contributed by atoms with Crippen molar-refractivity contribution in [1.82, 2.24) is 5.32 Å². The van der Waals surface area contributed by atoms with Gasteiger partial charge >= 0.3 is 0 Å². The highest BCUT2D eigenvalue weighted by molar-refractivity contribution is 5.77. The van der Waals surface area contributed by atoms with E-state index < -0.39 is 0 Å². The highest BCUT2D eigenvalue weighted by Gasteiger charge is 2.35. The molecule has 1 rings (SSSR count). The molecule has 20 heavy (non-hydrogen) atoms. The second kappa shape index (κ2) is 7.41. The first kappa shape index (κ1) is 17.4. The quantitative estimate of drug-likeness (QED) is 0.670. The predicted molar refractivity (Wildman–Crippen MR) is 84.2 cm³/mol. The normalized spacial score (nSPS) is 21.5. The number of hydrogen-bond donors (Lipinski definition) is 3. The van der Waals surface area contributed by atoms with E-state index in [1.165, 1.54) is 19.3 Å². The average Bonchev–Trinajstić information content (AvgIpc) is 2.38. The summed E-state index contributed by atoms with van der Waals surface area (Å²) in [4.78, 5) is 12.4. The van der Waals surface area contributed by atoms with Crippen LogP contribution in [0.1, 0.15) is 65.7 Å². The van der Waals surface area contributed by atoms with E-state index in [2.05, 4.69) is 19.2 Å². The Morgan fingerprint density at radius 2 is 1.85 bits per heavy atom. The van der Waals surface area contributed by atoms with Crippen LogP contribution in [0.15, 0.2) is 0 Å². The molecule has 1 aliphatic rings. The van der Waals surface area contributed by atoms with E-state index in [1.54, 1.807) is 0 Å². The third-order valence-corrected chi connectivity index (χ3v) is 4.63. The molecule has 118 valence electrons. The third kappa shape index (κ3) is 5.06. The van der Waals surface area contributed by atoms with Crippen molar-refractivity contribution < 1.29 is 4.79 Å². The molecule has 4 nitrogen and oxygen atoms in total. The summed E-state index contributed by atoms with van der Waals surface area (Å²) < 4.78 is 0. The van der Waals surface area contributed by atoms with E-state index in [1.807, 2.05) is 6.92 Å². The van der Waals surface area contributed by atoms with Crippen LogP contribution in [0.25, 0.3) is 0 Å². The topological polar surface area (TPSA) is 81.1 Å². The molecule has 1 atom stereocenters. The molecule has 0 heterocycles. The Kier molecular flexibility index (Phi) is 6.46. The van der Waals surface area contributed by atoms with Gasteiger partial charge in [-0.15, -0.1) is 0 Å². The fourth-order valence-electron chi connectivity index (χ4n) is 3.56. The van der Waals surface area contributed by atoms with Gasteiger partial charge in [-0.1, -0.05) is 33.1 Å². The lowest BCUT2D eigenvalue weighted by Gasteiger charge is -2.38. The first-order valence-corrected chi connectivity index (χ1v) is 8.06. The molecule has 1 aliphatic carbocycles. The molecule has 0 saturated heterocycles. The van der Waals surface area contributed by atoms with Gasteiger partial charge in [0.05, 0.1) is 0 Å². The summed E-state index contributed by atoms with van der Waals surface area (Å²) in [6, 6.07) is 0. The zero-order valence-electron chi connectivity index (χ0n) is 13.5. The lowest BCUT2D eigenvalue weighted by atomic mass is 9.71. The molecular weight excluding hydrogens is 250 g/mol. The van der Waals surface area contributed by atoms with Crippen LogP contribution in [0.5, 0.6) is 0 Å². The van der Waals surface area contributed by atoms with Crippen LogP contribution in [-0.2, 0) is 4.79 Å². The monoisotopic (exact) mass is 283 g/mol. The molecule has 0 aliphatic heterocycles. The molecular formula is C16H33N3O. The molecule has 0 aromatic carbocycles. The van der Waals surface area contributed by atoms with Crippen molar-refractivity contribution in [1.29, 1.82) is 0 Å². The summed E-state index contributed by atoms with van der Waals surface area (Å²) in [5.74, 6) is 0.632. The van der Waals surface area contributed by atoms with Gasteiger partial charge < -0.3 is 16.8 Å². The molecule has 5 N–H and O–H groups in total. The molecule has 1 saturated carbocycles. The van der Waals surface area contributed by atoms with Gasteiger partial charge in [-0.2, -0.15) is 0 Å². The van der Waals surface area contributed by atoms with Crippen molar-refractivity contribution in [3.05, 3.63) is 0 Å². The van der Waals surface area contributed by atoms with Crippen LogP contribution >= 0.6 is 0 Å². The van der Waals surface area contributed by atoms with Crippen LogP contribution < -0.4 is 16.8 Å². The third-order valence-electron chi connectivity index (χ3n) is 4.63. The summed E-state index contributed by atoms with van der Waals surface area (Å²) in [5, 5.41) is 3.16. The maximum absolute atomic E-state index is 12.4. The van der Waals surface area contributed by atoms with E-state index in [0.717, 1.165) is 19.3 Å². The second-order valence-corrected chi connectivity index (χ2v) is 7.35. The minimum Gasteiger partial charge on any atom is -0.350 e. The van der Waals surface area contributed by atoms with Gasteiger partial charge in [0.1, 0.15) is 0 Å². The van der Waals surface area contributed by atoms with Crippen molar-refractivity contribution in [2.24, 2.45) is 22.8 Å². The van der Waals surface area contributed by atoms with E-state index in [4.69, 9.17) is 11.5 Å². The van der Waals surface area contributed by atoms with Crippen molar-refractivity contribution in [2.45, 2.75) is 71.3 Å². The number of nitrogens with two attached hydrogens (primary N) is 2. The van der Waals surface area contributed by atoms with Gasteiger partial charge in [-0.3, -0.25) is 4.79 Å². The first-order valence-electron chi connectivity index (χ1n) is 8.06. The fraction of sp³-hybridized carbons (Fsp3) is 0.938. The number of carbonyl (C=O) groups excluding carboxylic acids is 1. The van der Waals surface area contributed by atoms with Crippen molar-refractivity contribution in [2.75, 3.05) is 13.1 Å². The zero-order valence-corrected chi connectivity index (χ0v) is 13.5. The van der Waals surface area contributed by atoms with Gasteiger partial charge in [-0.25, -0.2) is 0 Å². The number of rotatable bonds is 7. The molecule has 0 aromatic heterocycles. The number of carbonyl (C=O) groups is 1. The largest absolute Gasteiger partial charge is 0.350 e. The van der Waals surface area contributed by atoms with Gasteiger partial charge in [-0.05, 0) is 44.1 Å². The fourth-order valence-corrected chi connectivity index (χ4v) is 3.56. The van der Waals surface area contributed by atoms with Gasteiger partial charge in [0.15, 0.2) is 0 Å².